The molecule has 0 heterocycles. The van der Waals surface area contributed by atoms with Crippen molar-refractivity contribution in [3.05, 3.63) is 0 Å². The smallest absolute Gasteiger partial charge is 0.00411 e. The van der Waals surface area contributed by atoms with Crippen molar-refractivity contribution in [2.24, 2.45) is 0 Å². The first-order chi connectivity index (χ1) is 8.41. The monoisotopic (exact) mass is 259 g/mol. The van der Waals surface area contributed by atoms with Crippen LogP contribution in [-0.4, -0.2) is 24.6 Å². The Labute approximate surface area is 114 Å². The lowest BCUT2D eigenvalue weighted by atomic mass is 10.1. The van der Waals surface area contributed by atoms with E-state index in [9.17, 15) is 0 Å². The van der Waals surface area contributed by atoms with E-state index in [4.69, 9.17) is 0 Å². The Morgan fingerprint density at radius 1 is 0.706 bits per heavy atom. The van der Waals surface area contributed by atoms with Gasteiger partial charge in [0.15, 0.2) is 0 Å². The Morgan fingerprint density at radius 3 is 1.94 bits per heavy atom. The molecule has 17 heavy (non-hydrogen) atoms. The number of rotatable bonds is 14. The summed E-state index contributed by atoms with van der Waals surface area (Å²) in [5, 5.41) is 3.54. The van der Waals surface area contributed by atoms with Crippen LogP contribution in [0.1, 0.15) is 71.6 Å². The van der Waals surface area contributed by atoms with Crippen molar-refractivity contribution in [1.82, 2.24) is 5.32 Å². The van der Waals surface area contributed by atoms with E-state index in [1.54, 1.807) is 0 Å². The molecule has 0 aromatic heterocycles. The van der Waals surface area contributed by atoms with Gasteiger partial charge in [0.2, 0.25) is 0 Å². The summed E-state index contributed by atoms with van der Waals surface area (Å²) in [7, 11) is 0. The molecule has 1 nitrogen and oxygen atoms in total. The van der Waals surface area contributed by atoms with Gasteiger partial charge in [0, 0.05) is 0 Å². The Kier molecular flexibility index (Phi) is 16.6. The van der Waals surface area contributed by atoms with Gasteiger partial charge in [0.25, 0.3) is 0 Å². The zero-order valence-electron chi connectivity index (χ0n) is 12.1. The predicted octanol–water partition coefficient (Wildman–Crippen LogP) is 4.86. The first-order valence-corrected chi connectivity index (χ1v) is 8.85. The second-order valence-electron chi connectivity index (χ2n) is 4.78. The molecule has 0 fully saturated rings. The molecule has 0 aromatic rings. The summed E-state index contributed by atoms with van der Waals surface area (Å²) < 4.78 is 0. The quantitative estimate of drug-likeness (QED) is 0.447. The third kappa shape index (κ3) is 16.3. The fourth-order valence-electron chi connectivity index (χ4n) is 1.95. The van der Waals surface area contributed by atoms with Crippen LogP contribution < -0.4 is 5.32 Å². The van der Waals surface area contributed by atoms with Gasteiger partial charge in [-0.2, -0.15) is 11.8 Å². The van der Waals surface area contributed by atoms with E-state index >= 15 is 0 Å². The zero-order chi connectivity index (χ0) is 12.6. The number of hydrogen-bond donors (Lipinski definition) is 1. The highest BCUT2D eigenvalue weighted by molar-refractivity contribution is 7.99. The molecule has 1 N–H and O–H groups in total. The molecule has 0 aliphatic carbocycles. The van der Waals surface area contributed by atoms with E-state index in [-0.39, 0.29) is 0 Å². The Morgan fingerprint density at radius 2 is 1.29 bits per heavy atom. The molecule has 2 heteroatoms. The van der Waals surface area contributed by atoms with Gasteiger partial charge in [0.1, 0.15) is 0 Å². The van der Waals surface area contributed by atoms with Crippen LogP contribution in [0.3, 0.4) is 0 Å². The number of nitrogens with one attached hydrogen (secondary N) is 1. The van der Waals surface area contributed by atoms with Crippen LogP contribution in [0.5, 0.6) is 0 Å². The molecule has 0 aliphatic heterocycles. The molecule has 0 bridgehead atoms. The normalized spacial score (nSPS) is 10.9. The number of hydrogen-bond acceptors (Lipinski definition) is 2. The first-order valence-electron chi connectivity index (χ1n) is 7.70. The molecule has 0 aliphatic rings. The van der Waals surface area contributed by atoms with Gasteiger partial charge in [-0.05, 0) is 37.4 Å². The molecule has 0 unspecified atom stereocenters. The standard InChI is InChI=1S/C15H33NS/c1-3-5-6-7-8-9-10-11-13-16-14-12-15-17-4-2/h16H,3-15H2,1-2H3. The molecule has 0 aromatic carbocycles. The molecule has 104 valence electrons. The van der Waals surface area contributed by atoms with E-state index in [0.717, 1.165) is 0 Å². The highest BCUT2D eigenvalue weighted by Gasteiger charge is 1.92. The summed E-state index contributed by atoms with van der Waals surface area (Å²) in [5.74, 6) is 2.58. The topological polar surface area (TPSA) is 12.0 Å². The molecular weight excluding hydrogens is 226 g/mol. The van der Waals surface area contributed by atoms with Gasteiger partial charge >= 0.3 is 0 Å². The van der Waals surface area contributed by atoms with Crippen molar-refractivity contribution in [3.8, 4) is 0 Å². The van der Waals surface area contributed by atoms with Gasteiger partial charge in [-0.1, -0.05) is 58.8 Å². The predicted molar refractivity (Wildman–Crippen MR) is 83.1 cm³/mol. The molecule has 0 amide bonds. The molecule has 0 rings (SSSR count). The minimum atomic E-state index is 1.21. The summed E-state index contributed by atoms with van der Waals surface area (Å²) in [6.45, 7) is 6.96. The van der Waals surface area contributed by atoms with Gasteiger partial charge in [-0.15, -0.1) is 0 Å². The van der Waals surface area contributed by atoms with Crippen molar-refractivity contribution in [1.29, 1.82) is 0 Å². The van der Waals surface area contributed by atoms with Crippen LogP contribution in [0, 0.1) is 0 Å². The largest absolute Gasteiger partial charge is 0.317 e. The van der Waals surface area contributed by atoms with Gasteiger partial charge in [0.05, 0.1) is 0 Å². The summed E-state index contributed by atoms with van der Waals surface area (Å²) in [4.78, 5) is 0. The van der Waals surface area contributed by atoms with Gasteiger partial charge in [-0.25, -0.2) is 0 Å². The maximum atomic E-state index is 3.54. The fourth-order valence-corrected chi connectivity index (χ4v) is 2.59. The lowest BCUT2D eigenvalue weighted by Gasteiger charge is -2.04. The third-order valence-corrected chi connectivity index (χ3v) is 4.04. The van der Waals surface area contributed by atoms with Crippen LogP contribution in [-0.2, 0) is 0 Å². The van der Waals surface area contributed by atoms with Crippen LogP contribution >= 0.6 is 11.8 Å². The average Bonchev–Trinajstić information content (AvgIpc) is 2.35. The van der Waals surface area contributed by atoms with Crippen molar-refractivity contribution >= 4 is 11.8 Å². The third-order valence-electron chi connectivity index (χ3n) is 3.05. The summed E-state index contributed by atoms with van der Waals surface area (Å²) in [6, 6.07) is 0. The maximum Gasteiger partial charge on any atom is -0.00411 e. The van der Waals surface area contributed by atoms with Crippen molar-refractivity contribution in [3.63, 3.8) is 0 Å². The second-order valence-corrected chi connectivity index (χ2v) is 6.17. The maximum absolute atomic E-state index is 3.54. The molecular formula is C15H33NS. The zero-order valence-corrected chi connectivity index (χ0v) is 12.9. The molecule has 0 spiro atoms. The summed E-state index contributed by atoms with van der Waals surface area (Å²) in [5.41, 5.74) is 0. The summed E-state index contributed by atoms with van der Waals surface area (Å²) in [6.07, 6.45) is 12.7. The molecule has 0 atom stereocenters. The second kappa shape index (κ2) is 16.3. The molecule has 0 saturated heterocycles. The number of thioether (sulfide) groups is 1. The van der Waals surface area contributed by atoms with Crippen LogP contribution in [0.25, 0.3) is 0 Å². The van der Waals surface area contributed by atoms with Gasteiger partial charge in [-0.3, -0.25) is 0 Å². The van der Waals surface area contributed by atoms with Crippen molar-refractivity contribution in [2.75, 3.05) is 24.6 Å². The molecule has 0 saturated carbocycles. The van der Waals surface area contributed by atoms with E-state index in [1.807, 2.05) is 11.8 Å². The Bertz CT molecular complexity index is 114. The lowest BCUT2D eigenvalue weighted by molar-refractivity contribution is 0.555. The Hall–Kier alpha value is 0.310. The highest BCUT2D eigenvalue weighted by atomic mass is 32.2. The van der Waals surface area contributed by atoms with Gasteiger partial charge < -0.3 is 5.32 Å². The fraction of sp³-hybridized carbons (Fsp3) is 1.00. The van der Waals surface area contributed by atoms with E-state index in [1.165, 1.54) is 82.4 Å². The average molecular weight is 260 g/mol. The Balaban J connectivity index is 2.85. The van der Waals surface area contributed by atoms with Crippen molar-refractivity contribution < 1.29 is 0 Å². The molecule has 0 radical (unpaired) electrons. The lowest BCUT2D eigenvalue weighted by Crippen LogP contribution is -2.17. The highest BCUT2D eigenvalue weighted by Crippen LogP contribution is 2.07. The van der Waals surface area contributed by atoms with Crippen LogP contribution in [0.15, 0.2) is 0 Å². The van der Waals surface area contributed by atoms with Crippen LogP contribution in [0.4, 0.5) is 0 Å². The van der Waals surface area contributed by atoms with E-state index in [2.05, 4.69) is 19.2 Å². The first kappa shape index (κ1) is 17.3. The number of unbranched alkanes of at least 4 members (excludes halogenated alkanes) is 7. The van der Waals surface area contributed by atoms with E-state index < -0.39 is 0 Å². The minimum Gasteiger partial charge on any atom is -0.317 e. The van der Waals surface area contributed by atoms with Crippen LogP contribution in [0.2, 0.25) is 0 Å². The summed E-state index contributed by atoms with van der Waals surface area (Å²) >= 11 is 2.05. The SMILES string of the molecule is CCCCCCCCCCNCCCSCC. The minimum absolute atomic E-state index is 1.21. The van der Waals surface area contributed by atoms with E-state index in [0.29, 0.717) is 0 Å². The van der Waals surface area contributed by atoms with Crippen molar-refractivity contribution in [2.45, 2.75) is 71.6 Å².